The molecule has 0 aliphatic heterocycles. The van der Waals surface area contributed by atoms with E-state index < -0.39 is 0 Å². The van der Waals surface area contributed by atoms with Crippen molar-refractivity contribution in [3.63, 3.8) is 0 Å². The summed E-state index contributed by atoms with van der Waals surface area (Å²) >= 11 is 0. The van der Waals surface area contributed by atoms with Crippen molar-refractivity contribution >= 4 is 10.9 Å². The smallest absolute Gasteiger partial charge is 0.128 e. The largest absolute Gasteiger partial charge is 0.326 e. The number of hydrogen-bond acceptors (Lipinski definition) is 2. The van der Waals surface area contributed by atoms with Gasteiger partial charge in [0.25, 0.3) is 0 Å². The van der Waals surface area contributed by atoms with Crippen molar-refractivity contribution in [1.82, 2.24) is 9.78 Å². The highest BCUT2D eigenvalue weighted by molar-refractivity contribution is 5.78. The SMILES string of the molecule is Cn1cc2cc(F)c(CN)cc2n1. The van der Waals surface area contributed by atoms with Gasteiger partial charge in [-0.05, 0) is 12.1 Å². The van der Waals surface area contributed by atoms with Gasteiger partial charge < -0.3 is 5.73 Å². The molecular weight excluding hydrogens is 169 g/mol. The van der Waals surface area contributed by atoms with E-state index in [0.29, 0.717) is 5.56 Å². The third-order valence-electron chi connectivity index (χ3n) is 2.01. The molecule has 0 fully saturated rings. The van der Waals surface area contributed by atoms with Gasteiger partial charge in [0, 0.05) is 30.7 Å². The molecule has 0 atom stereocenters. The van der Waals surface area contributed by atoms with Crippen molar-refractivity contribution in [2.45, 2.75) is 6.54 Å². The Hall–Kier alpha value is -1.42. The molecule has 1 aromatic heterocycles. The standard InChI is InChI=1S/C9H10FN3/c1-13-5-7-2-8(10)6(4-11)3-9(7)12-13/h2-3,5H,4,11H2,1H3. The summed E-state index contributed by atoms with van der Waals surface area (Å²) in [6, 6.07) is 3.15. The Balaban J connectivity index is 2.72. The maximum atomic E-state index is 13.2. The van der Waals surface area contributed by atoms with E-state index in [1.807, 2.05) is 0 Å². The first kappa shape index (κ1) is 8.19. The molecule has 0 saturated carbocycles. The monoisotopic (exact) mass is 179 g/mol. The van der Waals surface area contributed by atoms with Crippen molar-refractivity contribution in [2.24, 2.45) is 12.8 Å². The summed E-state index contributed by atoms with van der Waals surface area (Å²) in [6.45, 7) is 0.207. The average molecular weight is 179 g/mol. The second-order valence-corrected chi connectivity index (χ2v) is 3.01. The number of halogens is 1. The molecule has 4 heteroatoms. The zero-order valence-electron chi connectivity index (χ0n) is 7.29. The Morgan fingerprint density at radius 2 is 2.31 bits per heavy atom. The Kier molecular flexibility index (Phi) is 1.77. The first-order valence-electron chi connectivity index (χ1n) is 4.02. The molecule has 1 heterocycles. The third kappa shape index (κ3) is 1.29. The first-order chi connectivity index (χ1) is 6.20. The molecule has 0 spiro atoms. The van der Waals surface area contributed by atoms with Gasteiger partial charge in [-0.3, -0.25) is 4.68 Å². The highest BCUT2D eigenvalue weighted by Crippen LogP contribution is 2.17. The third-order valence-corrected chi connectivity index (χ3v) is 2.01. The average Bonchev–Trinajstić information content (AvgIpc) is 2.42. The second kappa shape index (κ2) is 2.81. The Labute approximate surface area is 75.0 Å². The molecule has 2 aromatic rings. The predicted octanol–water partition coefficient (Wildman–Crippen LogP) is 1.17. The number of hydrogen-bond donors (Lipinski definition) is 1. The van der Waals surface area contributed by atoms with Crippen LogP contribution in [0.2, 0.25) is 0 Å². The first-order valence-corrected chi connectivity index (χ1v) is 4.02. The minimum Gasteiger partial charge on any atom is -0.326 e. The summed E-state index contributed by atoms with van der Waals surface area (Å²) < 4.78 is 14.9. The fraction of sp³-hybridized carbons (Fsp3) is 0.222. The van der Waals surface area contributed by atoms with Crippen LogP contribution in [0.5, 0.6) is 0 Å². The molecule has 0 bridgehead atoms. The number of nitrogens with two attached hydrogens (primary N) is 1. The maximum absolute atomic E-state index is 13.2. The molecule has 0 saturated heterocycles. The molecular formula is C9H10FN3. The van der Waals surface area contributed by atoms with E-state index in [0.717, 1.165) is 10.9 Å². The highest BCUT2D eigenvalue weighted by Gasteiger charge is 2.05. The topological polar surface area (TPSA) is 43.8 Å². The lowest BCUT2D eigenvalue weighted by atomic mass is 10.1. The van der Waals surface area contributed by atoms with Crippen LogP contribution < -0.4 is 5.73 Å². The van der Waals surface area contributed by atoms with E-state index in [9.17, 15) is 4.39 Å². The molecule has 3 nitrogen and oxygen atoms in total. The molecule has 13 heavy (non-hydrogen) atoms. The minimum absolute atomic E-state index is 0.207. The van der Waals surface area contributed by atoms with Crippen molar-refractivity contribution < 1.29 is 4.39 Å². The van der Waals surface area contributed by atoms with Crippen LogP contribution in [0.1, 0.15) is 5.56 Å². The van der Waals surface area contributed by atoms with E-state index in [4.69, 9.17) is 5.73 Å². The van der Waals surface area contributed by atoms with E-state index in [1.54, 1.807) is 24.0 Å². The predicted molar refractivity (Wildman–Crippen MR) is 48.6 cm³/mol. The molecule has 2 rings (SSSR count). The molecule has 0 aliphatic rings. The van der Waals surface area contributed by atoms with Crippen LogP contribution in [0.15, 0.2) is 18.3 Å². The zero-order chi connectivity index (χ0) is 9.42. The number of nitrogens with zero attached hydrogens (tertiary/aromatic N) is 2. The van der Waals surface area contributed by atoms with Crippen LogP contribution in [0, 0.1) is 5.82 Å². The molecule has 1 aromatic carbocycles. The van der Waals surface area contributed by atoms with E-state index in [2.05, 4.69) is 5.10 Å². The summed E-state index contributed by atoms with van der Waals surface area (Å²) in [5, 5.41) is 4.96. The van der Waals surface area contributed by atoms with Crippen LogP contribution in [-0.2, 0) is 13.6 Å². The highest BCUT2D eigenvalue weighted by atomic mass is 19.1. The van der Waals surface area contributed by atoms with Gasteiger partial charge in [-0.2, -0.15) is 5.10 Å². The lowest BCUT2D eigenvalue weighted by Gasteiger charge is -1.97. The van der Waals surface area contributed by atoms with E-state index in [-0.39, 0.29) is 12.4 Å². The van der Waals surface area contributed by atoms with Crippen LogP contribution in [-0.4, -0.2) is 9.78 Å². The quantitative estimate of drug-likeness (QED) is 0.714. The van der Waals surface area contributed by atoms with Crippen LogP contribution in [0.3, 0.4) is 0 Å². The zero-order valence-corrected chi connectivity index (χ0v) is 7.29. The van der Waals surface area contributed by atoms with Gasteiger partial charge in [-0.1, -0.05) is 0 Å². The molecule has 2 N–H and O–H groups in total. The fourth-order valence-corrected chi connectivity index (χ4v) is 1.37. The van der Waals surface area contributed by atoms with Gasteiger partial charge in [-0.25, -0.2) is 4.39 Å². The molecule has 0 radical (unpaired) electrons. The summed E-state index contributed by atoms with van der Waals surface area (Å²) in [7, 11) is 1.81. The number of aryl methyl sites for hydroxylation is 1. The summed E-state index contributed by atoms with van der Waals surface area (Å²) in [5.74, 6) is -0.261. The molecule has 68 valence electrons. The van der Waals surface area contributed by atoms with Gasteiger partial charge >= 0.3 is 0 Å². The van der Waals surface area contributed by atoms with Crippen molar-refractivity contribution in [3.8, 4) is 0 Å². The number of aromatic nitrogens is 2. The van der Waals surface area contributed by atoms with Crippen molar-refractivity contribution in [3.05, 3.63) is 29.7 Å². The normalized spacial score (nSPS) is 11.0. The number of benzene rings is 1. The minimum atomic E-state index is -0.261. The Morgan fingerprint density at radius 1 is 1.54 bits per heavy atom. The summed E-state index contributed by atoms with van der Waals surface area (Å²) in [6.07, 6.45) is 1.78. The molecule has 0 unspecified atom stereocenters. The van der Waals surface area contributed by atoms with Gasteiger partial charge in [-0.15, -0.1) is 0 Å². The van der Waals surface area contributed by atoms with Crippen LogP contribution in [0.25, 0.3) is 10.9 Å². The maximum Gasteiger partial charge on any atom is 0.128 e. The number of fused-ring (bicyclic) bond motifs is 1. The van der Waals surface area contributed by atoms with Crippen LogP contribution >= 0.6 is 0 Å². The molecule has 0 amide bonds. The summed E-state index contributed by atoms with van der Waals surface area (Å²) in [5.41, 5.74) is 6.66. The van der Waals surface area contributed by atoms with E-state index in [1.165, 1.54) is 6.07 Å². The van der Waals surface area contributed by atoms with Gasteiger partial charge in [0.15, 0.2) is 0 Å². The van der Waals surface area contributed by atoms with E-state index >= 15 is 0 Å². The summed E-state index contributed by atoms with van der Waals surface area (Å²) in [4.78, 5) is 0. The van der Waals surface area contributed by atoms with Crippen LogP contribution in [0.4, 0.5) is 4.39 Å². The number of rotatable bonds is 1. The van der Waals surface area contributed by atoms with Crippen molar-refractivity contribution in [1.29, 1.82) is 0 Å². The Bertz CT molecular complexity index is 447. The Morgan fingerprint density at radius 3 is 3.00 bits per heavy atom. The van der Waals surface area contributed by atoms with Gasteiger partial charge in [0.1, 0.15) is 5.82 Å². The van der Waals surface area contributed by atoms with Crippen molar-refractivity contribution in [2.75, 3.05) is 0 Å². The molecule has 0 aliphatic carbocycles. The lowest BCUT2D eigenvalue weighted by Crippen LogP contribution is -1.99. The second-order valence-electron chi connectivity index (χ2n) is 3.01. The van der Waals surface area contributed by atoms with Gasteiger partial charge in [0.05, 0.1) is 5.52 Å². The lowest BCUT2D eigenvalue weighted by molar-refractivity contribution is 0.612. The fourth-order valence-electron chi connectivity index (χ4n) is 1.37. The van der Waals surface area contributed by atoms with Gasteiger partial charge in [0.2, 0.25) is 0 Å².